The molecule has 0 aliphatic rings. The second-order valence-electron chi connectivity index (χ2n) is 4.64. The van der Waals surface area contributed by atoms with Crippen molar-refractivity contribution < 1.29 is 17.9 Å². The fraction of sp³-hybridized carbons (Fsp3) is 0.143. The summed E-state index contributed by atoms with van der Waals surface area (Å²) in [7, 11) is -3.73. The fourth-order valence-corrected chi connectivity index (χ4v) is 2.46. The number of phenols is 1. The van der Waals surface area contributed by atoms with E-state index in [2.05, 4.69) is 5.32 Å². The van der Waals surface area contributed by atoms with Gasteiger partial charge in [0.05, 0.1) is 10.9 Å². The van der Waals surface area contributed by atoms with E-state index in [9.17, 15) is 17.9 Å². The van der Waals surface area contributed by atoms with Crippen molar-refractivity contribution >= 4 is 15.7 Å². The van der Waals surface area contributed by atoms with Gasteiger partial charge in [-0.3, -0.25) is 0 Å². The van der Waals surface area contributed by atoms with E-state index in [1.54, 1.807) is 19.1 Å². The first-order valence-corrected chi connectivity index (χ1v) is 7.70. The van der Waals surface area contributed by atoms with Crippen molar-refractivity contribution in [2.75, 3.05) is 5.32 Å². The summed E-state index contributed by atoms with van der Waals surface area (Å²) in [6.45, 7) is 1.75. The molecule has 0 heterocycles. The second-order valence-corrected chi connectivity index (χ2v) is 6.20. The van der Waals surface area contributed by atoms with Crippen LogP contribution in [0.3, 0.4) is 0 Å². The molecule has 0 saturated heterocycles. The third-order valence-corrected chi connectivity index (χ3v) is 3.95. The lowest BCUT2D eigenvalue weighted by molar-refractivity contribution is 0.462. The van der Waals surface area contributed by atoms with E-state index in [-0.39, 0.29) is 16.7 Å². The zero-order valence-electron chi connectivity index (χ0n) is 11.2. The smallest absolute Gasteiger partial charge is 0.238 e. The highest BCUT2D eigenvalue weighted by Crippen LogP contribution is 2.27. The molecule has 0 amide bonds. The highest BCUT2D eigenvalue weighted by atomic mass is 32.2. The van der Waals surface area contributed by atoms with Crippen molar-refractivity contribution in [1.82, 2.24) is 0 Å². The number of primary sulfonamides is 1. The summed E-state index contributed by atoms with van der Waals surface area (Å²) >= 11 is 0. The van der Waals surface area contributed by atoms with Crippen molar-refractivity contribution in [2.24, 2.45) is 5.14 Å². The first kappa shape index (κ1) is 15.3. The van der Waals surface area contributed by atoms with Gasteiger partial charge in [0.25, 0.3) is 0 Å². The molecule has 2 rings (SSSR count). The second kappa shape index (κ2) is 5.71. The van der Waals surface area contributed by atoms with Gasteiger partial charge in [-0.2, -0.15) is 0 Å². The number of benzene rings is 2. The summed E-state index contributed by atoms with van der Waals surface area (Å²) < 4.78 is 35.5. The number of sulfonamides is 1. The fourth-order valence-electron chi connectivity index (χ4n) is 1.94. The minimum Gasteiger partial charge on any atom is -0.508 e. The van der Waals surface area contributed by atoms with Crippen molar-refractivity contribution in [3.63, 3.8) is 0 Å². The Morgan fingerprint density at radius 1 is 1.19 bits per heavy atom. The first-order chi connectivity index (χ1) is 9.77. The number of phenolic OH excluding ortho intramolecular Hbond substituents is 1. The van der Waals surface area contributed by atoms with E-state index in [0.717, 1.165) is 0 Å². The van der Waals surface area contributed by atoms with Crippen LogP contribution in [0, 0.1) is 5.82 Å². The van der Waals surface area contributed by atoms with Gasteiger partial charge in [-0.05, 0) is 49.4 Å². The molecule has 0 spiro atoms. The van der Waals surface area contributed by atoms with Gasteiger partial charge in [0.2, 0.25) is 10.0 Å². The van der Waals surface area contributed by atoms with Crippen LogP contribution in [0.15, 0.2) is 47.4 Å². The molecule has 0 fully saturated rings. The maximum absolute atomic E-state index is 13.2. The summed E-state index contributed by atoms with van der Waals surface area (Å²) in [5.41, 5.74) is 1.03. The van der Waals surface area contributed by atoms with Crippen molar-refractivity contribution in [2.45, 2.75) is 17.9 Å². The highest BCUT2D eigenvalue weighted by Gasteiger charge is 2.12. The molecule has 1 atom stereocenters. The number of aromatic hydroxyl groups is 1. The largest absolute Gasteiger partial charge is 0.508 e. The summed E-state index contributed by atoms with van der Waals surface area (Å²) in [5, 5.41) is 17.8. The SMILES string of the molecule is CC(Nc1ccc(S(N)(=O)=O)cc1)c1cc(F)ccc1O. The molecule has 0 aromatic heterocycles. The Bertz CT molecular complexity index is 745. The molecule has 2 aromatic rings. The monoisotopic (exact) mass is 310 g/mol. The third kappa shape index (κ3) is 3.71. The van der Waals surface area contributed by atoms with Crippen LogP contribution in [0.25, 0.3) is 0 Å². The van der Waals surface area contributed by atoms with Crippen LogP contribution in [0.2, 0.25) is 0 Å². The lowest BCUT2D eigenvalue weighted by atomic mass is 10.1. The zero-order chi connectivity index (χ0) is 15.6. The molecule has 112 valence electrons. The maximum atomic E-state index is 13.2. The summed E-state index contributed by atoms with van der Waals surface area (Å²) in [6, 6.07) is 9.18. The van der Waals surface area contributed by atoms with Crippen LogP contribution >= 0.6 is 0 Å². The lowest BCUT2D eigenvalue weighted by Crippen LogP contribution is -2.12. The van der Waals surface area contributed by atoms with Gasteiger partial charge in [0, 0.05) is 11.3 Å². The van der Waals surface area contributed by atoms with Crippen LogP contribution < -0.4 is 10.5 Å². The average molecular weight is 310 g/mol. The number of rotatable bonds is 4. The minimum atomic E-state index is -3.73. The lowest BCUT2D eigenvalue weighted by Gasteiger charge is -2.17. The summed E-state index contributed by atoms with van der Waals surface area (Å²) in [6.07, 6.45) is 0. The number of halogens is 1. The Kier molecular flexibility index (Phi) is 4.15. The molecule has 4 N–H and O–H groups in total. The van der Waals surface area contributed by atoms with E-state index in [1.165, 1.54) is 30.3 Å². The van der Waals surface area contributed by atoms with Gasteiger partial charge in [-0.1, -0.05) is 0 Å². The van der Waals surface area contributed by atoms with E-state index < -0.39 is 15.8 Å². The van der Waals surface area contributed by atoms with E-state index in [4.69, 9.17) is 5.14 Å². The number of nitrogens with one attached hydrogen (secondary N) is 1. The Morgan fingerprint density at radius 3 is 2.38 bits per heavy atom. The molecule has 0 aliphatic carbocycles. The number of anilines is 1. The molecule has 2 aromatic carbocycles. The molecular formula is C14H15FN2O3S. The third-order valence-electron chi connectivity index (χ3n) is 3.02. The van der Waals surface area contributed by atoms with Gasteiger partial charge < -0.3 is 10.4 Å². The molecule has 0 aliphatic heterocycles. The molecule has 0 radical (unpaired) electrons. The molecular weight excluding hydrogens is 295 g/mol. The van der Waals surface area contributed by atoms with Crippen molar-refractivity contribution in [1.29, 1.82) is 0 Å². The highest BCUT2D eigenvalue weighted by molar-refractivity contribution is 7.89. The Morgan fingerprint density at radius 2 is 1.81 bits per heavy atom. The molecule has 5 nitrogen and oxygen atoms in total. The van der Waals surface area contributed by atoms with Gasteiger partial charge in [0.15, 0.2) is 0 Å². The quantitative estimate of drug-likeness (QED) is 0.808. The Balaban J connectivity index is 2.20. The zero-order valence-corrected chi connectivity index (χ0v) is 12.1. The number of hydrogen-bond acceptors (Lipinski definition) is 4. The minimum absolute atomic E-state index is 0.00862. The van der Waals surface area contributed by atoms with Crippen LogP contribution in [-0.4, -0.2) is 13.5 Å². The Hall–Kier alpha value is -2.12. The van der Waals surface area contributed by atoms with Gasteiger partial charge in [-0.25, -0.2) is 17.9 Å². The molecule has 0 bridgehead atoms. The van der Waals surface area contributed by atoms with Crippen LogP contribution in [0.5, 0.6) is 5.75 Å². The van der Waals surface area contributed by atoms with E-state index >= 15 is 0 Å². The average Bonchev–Trinajstić information content (AvgIpc) is 2.41. The van der Waals surface area contributed by atoms with Crippen LogP contribution in [0.4, 0.5) is 10.1 Å². The van der Waals surface area contributed by atoms with Crippen LogP contribution in [0.1, 0.15) is 18.5 Å². The standard InChI is InChI=1S/C14H15FN2O3S/c1-9(13-8-10(15)2-7-14(13)18)17-11-3-5-12(6-4-11)21(16,19)20/h2-9,17-18H,1H3,(H2,16,19,20). The number of hydrogen-bond donors (Lipinski definition) is 3. The Labute approximate surface area is 122 Å². The topological polar surface area (TPSA) is 92.4 Å². The van der Waals surface area contributed by atoms with Crippen LogP contribution in [-0.2, 0) is 10.0 Å². The molecule has 1 unspecified atom stereocenters. The maximum Gasteiger partial charge on any atom is 0.238 e. The van der Waals surface area contributed by atoms with Gasteiger partial charge in [0.1, 0.15) is 11.6 Å². The molecule has 0 saturated carbocycles. The molecule has 21 heavy (non-hydrogen) atoms. The first-order valence-electron chi connectivity index (χ1n) is 6.15. The summed E-state index contributed by atoms with van der Waals surface area (Å²) in [4.78, 5) is 0.00862. The van der Waals surface area contributed by atoms with Crippen molar-refractivity contribution in [3.05, 3.63) is 53.8 Å². The number of nitrogens with two attached hydrogens (primary N) is 1. The summed E-state index contributed by atoms with van der Waals surface area (Å²) in [5.74, 6) is -0.460. The van der Waals surface area contributed by atoms with E-state index in [1.807, 2.05) is 0 Å². The molecule has 7 heteroatoms. The van der Waals surface area contributed by atoms with Gasteiger partial charge in [-0.15, -0.1) is 0 Å². The predicted octanol–water partition coefficient (Wildman–Crippen LogP) is 2.35. The van der Waals surface area contributed by atoms with E-state index in [0.29, 0.717) is 11.3 Å². The van der Waals surface area contributed by atoms with Gasteiger partial charge >= 0.3 is 0 Å². The van der Waals surface area contributed by atoms with Crippen molar-refractivity contribution in [3.8, 4) is 5.75 Å². The predicted molar refractivity (Wildman–Crippen MR) is 77.9 cm³/mol. The normalized spacial score (nSPS) is 12.9.